The van der Waals surface area contributed by atoms with Crippen molar-refractivity contribution in [1.82, 2.24) is 4.90 Å². The van der Waals surface area contributed by atoms with E-state index in [1.165, 1.54) is 0 Å². The molecule has 8 heteroatoms. The maximum atomic E-state index is 12.6. The third-order valence-corrected chi connectivity index (χ3v) is 4.25. The van der Waals surface area contributed by atoms with Gasteiger partial charge in [-0.3, -0.25) is 9.08 Å². The van der Waals surface area contributed by atoms with Crippen molar-refractivity contribution < 1.29 is 26.9 Å². The molecule has 0 bridgehead atoms. The van der Waals surface area contributed by atoms with E-state index < -0.39 is 27.5 Å². The maximum absolute atomic E-state index is 12.6. The van der Waals surface area contributed by atoms with E-state index in [1.54, 1.807) is 45.6 Å². The number of rotatable bonds is 6. The molecule has 0 unspecified atom stereocenters. The average molecular weight is 363 g/mol. The molecule has 24 heavy (non-hydrogen) atoms. The standard InChI is InChI=1S/C16H29NO6S/c1-8-12(9-10-22-24(7,19)20)13-11-21-16(5,6)17(13)14(18)23-15(2,3)4/h8,12-13H,1,9-11H2,2-7H3/t12-,13+/m0/s1. The molecule has 0 aromatic rings. The summed E-state index contributed by atoms with van der Waals surface area (Å²) in [5, 5.41) is 0. The van der Waals surface area contributed by atoms with E-state index in [0.29, 0.717) is 13.0 Å². The largest absolute Gasteiger partial charge is 0.444 e. The minimum absolute atomic E-state index is 0.0224. The lowest BCUT2D eigenvalue weighted by Crippen LogP contribution is -2.51. The summed E-state index contributed by atoms with van der Waals surface area (Å²) in [6.45, 7) is 13.1. The van der Waals surface area contributed by atoms with Crippen LogP contribution in [0.3, 0.4) is 0 Å². The third kappa shape index (κ3) is 6.07. The van der Waals surface area contributed by atoms with Crippen molar-refractivity contribution in [1.29, 1.82) is 0 Å². The molecule has 7 nitrogen and oxygen atoms in total. The Hall–Kier alpha value is -1.12. The number of carbonyl (C=O) groups excluding carboxylic acids is 1. The molecular weight excluding hydrogens is 334 g/mol. The number of nitrogens with zero attached hydrogens (tertiary/aromatic N) is 1. The van der Waals surface area contributed by atoms with Gasteiger partial charge in [0.1, 0.15) is 11.3 Å². The number of hydrogen-bond donors (Lipinski definition) is 0. The number of ether oxygens (including phenoxy) is 2. The highest BCUT2D eigenvalue weighted by molar-refractivity contribution is 7.85. The summed E-state index contributed by atoms with van der Waals surface area (Å²) < 4.78 is 38.2. The zero-order chi connectivity index (χ0) is 18.8. The van der Waals surface area contributed by atoms with Gasteiger partial charge in [-0.1, -0.05) is 6.08 Å². The highest BCUT2D eigenvalue weighted by Crippen LogP contribution is 2.34. The van der Waals surface area contributed by atoms with Crippen LogP contribution in [-0.2, 0) is 23.8 Å². The molecule has 1 rings (SSSR count). The van der Waals surface area contributed by atoms with E-state index >= 15 is 0 Å². The first-order valence-electron chi connectivity index (χ1n) is 7.90. The van der Waals surface area contributed by atoms with Gasteiger partial charge in [0.05, 0.1) is 25.5 Å². The molecule has 0 radical (unpaired) electrons. The lowest BCUT2D eigenvalue weighted by Gasteiger charge is -2.37. The Morgan fingerprint density at radius 1 is 1.46 bits per heavy atom. The fraction of sp³-hybridized carbons (Fsp3) is 0.812. The van der Waals surface area contributed by atoms with Crippen molar-refractivity contribution in [2.45, 2.75) is 58.4 Å². The first-order valence-corrected chi connectivity index (χ1v) is 9.72. The SMILES string of the molecule is C=C[C@@H](CCOS(C)(=O)=O)[C@H]1COC(C)(C)N1C(=O)OC(C)(C)C. The van der Waals surface area contributed by atoms with Gasteiger partial charge < -0.3 is 9.47 Å². The van der Waals surface area contributed by atoms with Gasteiger partial charge in [0, 0.05) is 5.92 Å². The molecule has 0 spiro atoms. The van der Waals surface area contributed by atoms with E-state index in [-0.39, 0.29) is 18.6 Å². The quantitative estimate of drug-likeness (QED) is 0.533. The summed E-state index contributed by atoms with van der Waals surface area (Å²) in [7, 11) is -3.50. The van der Waals surface area contributed by atoms with Crippen LogP contribution < -0.4 is 0 Å². The van der Waals surface area contributed by atoms with Crippen LogP contribution in [0.1, 0.15) is 41.0 Å². The van der Waals surface area contributed by atoms with E-state index in [0.717, 1.165) is 6.26 Å². The number of amides is 1. The van der Waals surface area contributed by atoms with Gasteiger partial charge in [-0.15, -0.1) is 6.58 Å². The van der Waals surface area contributed by atoms with Crippen LogP contribution >= 0.6 is 0 Å². The number of carbonyl (C=O) groups is 1. The average Bonchev–Trinajstić information content (AvgIpc) is 2.67. The van der Waals surface area contributed by atoms with E-state index in [1.807, 2.05) is 0 Å². The highest BCUT2D eigenvalue weighted by Gasteiger charge is 2.47. The summed E-state index contributed by atoms with van der Waals surface area (Å²) in [5.74, 6) is -0.180. The normalized spacial score (nSPS) is 22.2. The highest BCUT2D eigenvalue weighted by atomic mass is 32.2. The Morgan fingerprint density at radius 3 is 2.50 bits per heavy atom. The third-order valence-electron chi connectivity index (χ3n) is 3.65. The molecule has 0 saturated carbocycles. The molecule has 140 valence electrons. The second-order valence-corrected chi connectivity index (χ2v) is 9.03. The number of hydrogen-bond acceptors (Lipinski definition) is 6. The molecule has 0 aliphatic carbocycles. The minimum Gasteiger partial charge on any atom is -0.444 e. The van der Waals surface area contributed by atoms with Crippen LogP contribution in [0.2, 0.25) is 0 Å². The molecular formula is C16H29NO6S. The monoisotopic (exact) mass is 363 g/mol. The Bertz CT molecular complexity index is 564. The molecule has 0 N–H and O–H groups in total. The minimum atomic E-state index is -3.50. The second kappa shape index (κ2) is 7.41. The van der Waals surface area contributed by atoms with Crippen molar-refractivity contribution in [3.05, 3.63) is 12.7 Å². The lowest BCUT2D eigenvalue weighted by atomic mass is 9.96. The van der Waals surface area contributed by atoms with Crippen LogP contribution in [0.5, 0.6) is 0 Å². The van der Waals surface area contributed by atoms with Crippen molar-refractivity contribution >= 4 is 16.2 Å². The van der Waals surface area contributed by atoms with Gasteiger partial charge in [-0.05, 0) is 41.0 Å². The lowest BCUT2D eigenvalue weighted by molar-refractivity contribution is -0.0639. The maximum Gasteiger partial charge on any atom is 0.412 e. The smallest absolute Gasteiger partial charge is 0.412 e. The van der Waals surface area contributed by atoms with Crippen molar-refractivity contribution in [2.24, 2.45) is 5.92 Å². The van der Waals surface area contributed by atoms with E-state index in [9.17, 15) is 13.2 Å². The molecule has 1 fully saturated rings. The molecule has 2 atom stereocenters. The van der Waals surface area contributed by atoms with Gasteiger partial charge in [-0.2, -0.15) is 8.42 Å². The Kier molecular flexibility index (Phi) is 6.46. The van der Waals surface area contributed by atoms with Crippen LogP contribution in [0.25, 0.3) is 0 Å². The van der Waals surface area contributed by atoms with Crippen molar-refractivity contribution in [3.63, 3.8) is 0 Å². The van der Waals surface area contributed by atoms with Gasteiger partial charge in [0.25, 0.3) is 10.1 Å². The van der Waals surface area contributed by atoms with Crippen LogP contribution in [-0.4, -0.2) is 56.2 Å². The van der Waals surface area contributed by atoms with Crippen LogP contribution in [0, 0.1) is 5.92 Å². The molecule has 1 aliphatic heterocycles. The van der Waals surface area contributed by atoms with Gasteiger partial charge >= 0.3 is 6.09 Å². The van der Waals surface area contributed by atoms with Crippen LogP contribution in [0.4, 0.5) is 4.79 Å². The van der Waals surface area contributed by atoms with Crippen LogP contribution in [0.15, 0.2) is 12.7 Å². The predicted octanol–water partition coefficient (Wildman–Crippen LogP) is 2.53. The fourth-order valence-electron chi connectivity index (χ4n) is 2.62. The van der Waals surface area contributed by atoms with Crippen molar-refractivity contribution in [3.8, 4) is 0 Å². The molecule has 0 aromatic carbocycles. The Balaban J connectivity index is 2.89. The van der Waals surface area contributed by atoms with Gasteiger partial charge in [0.2, 0.25) is 0 Å². The summed E-state index contributed by atoms with van der Waals surface area (Å²) >= 11 is 0. The van der Waals surface area contributed by atoms with E-state index in [2.05, 4.69) is 6.58 Å². The molecule has 0 aromatic heterocycles. The first kappa shape index (κ1) is 20.9. The molecule has 1 saturated heterocycles. The summed E-state index contributed by atoms with van der Waals surface area (Å²) in [6.07, 6.45) is 2.63. The zero-order valence-electron chi connectivity index (χ0n) is 15.4. The molecule has 1 amide bonds. The predicted molar refractivity (Wildman–Crippen MR) is 91.0 cm³/mol. The summed E-state index contributed by atoms with van der Waals surface area (Å²) in [6, 6.07) is -0.296. The Labute approximate surface area is 145 Å². The first-order chi connectivity index (χ1) is 10.8. The zero-order valence-corrected chi connectivity index (χ0v) is 16.2. The molecule has 1 aliphatic rings. The van der Waals surface area contributed by atoms with Gasteiger partial charge in [0.15, 0.2) is 0 Å². The fourth-order valence-corrected chi connectivity index (χ4v) is 3.02. The molecule has 1 heterocycles. The second-order valence-electron chi connectivity index (χ2n) is 7.39. The Morgan fingerprint density at radius 2 is 2.04 bits per heavy atom. The topological polar surface area (TPSA) is 82.1 Å². The van der Waals surface area contributed by atoms with Crippen molar-refractivity contribution in [2.75, 3.05) is 19.5 Å². The summed E-state index contributed by atoms with van der Waals surface area (Å²) in [5.41, 5.74) is -1.44. The van der Waals surface area contributed by atoms with E-state index in [4.69, 9.17) is 13.7 Å². The summed E-state index contributed by atoms with van der Waals surface area (Å²) in [4.78, 5) is 14.2. The van der Waals surface area contributed by atoms with Gasteiger partial charge in [-0.25, -0.2) is 4.79 Å².